The summed E-state index contributed by atoms with van der Waals surface area (Å²) >= 11 is 0. The molecule has 1 aromatic rings. The number of ether oxygens (including phenoxy) is 2. The lowest BCUT2D eigenvalue weighted by Gasteiger charge is -2.37. The highest BCUT2D eigenvalue weighted by molar-refractivity contribution is 6.33. The van der Waals surface area contributed by atoms with Gasteiger partial charge in [-0.25, -0.2) is 0 Å². The third-order valence-electron chi connectivity index (χ3n) is 2.55. The fraction of sp³-hybridized carbons (Fsp3) is 0.455. The summed E-state index contributed by atoms with van der Waals surface area (Å²) in [6.07, 6.45) is 0. The first kappa shape index (κ1) is 12.2. The summed E-state index contributed by atoms with van der Waals surface area (Å²) in [6, 6.07) is 6.68. The first-order valence-electron chi connectivity index (χ1n) is 5.41. The zero-order valence-electron chi connectivity index (χ0n) is 9.63. The molecule has 0 bridgehead atoms. The highest BCUT2D eigenvalue weighted by Gasteiger charge is 2.34. The Balaban J connectivity index is 1.85. The molecule has 0 unspecified atom stereocenters. The lowest BCUT2D eigenvalue weighted by molar-refractivity contribution is -0.120. The second kappa shape index (κ2) is 4.95. The maximum Gasteiger partial charge on any atom is 0.707 e. The van der Waals surface area contributed by atoms with Crippen LogP contribution in [0.4, 0.5) is 0 Å². The van der Waals surface area contributed by atoms with E-state index in [2.05, 4.69) is 11.6 Å². The zero-order valence-corrected chi connectivity index (χ0v) is 9.63. The van der Waals surface area contributed by atoms with Gasteiger partial charge in [-0.1, -0.05) is 6.92 Å². The van der Waals surface area contributed by atoms with Crippen molar-refractivity contribution in [2.45, 2.75) is 6.92 Å². The molecule has 5 nitrogen and oxygen atoms in total. The van der Waals surface area contributed by atoms with Crippen molar-refractivity contribution in [1.29, 1.82) is 0 Å². The summed E-state index contributed by atoms with van der Waals surface area (Å²) < 4.78 is 15.4. The van der Waals surface area contributed by atoms with Gasteiger partial charge in [0.25, 0.3) is 0 Å². The van der Waals surface area contributed by atoms with E-state index in [1.165, 1.54) is 0 Å². The normalized spacial score (nSPS) is 17.1. The van der Waals surface area contributed by atoms with Crippen LogP contribution in [0.2, 0.25) is 0 Å². The van der Waals surface area contributed by atoms with Crippen molar-refractivity contribution in [2.75, 3.05) is 19.8 Å². The van der Waals surface area contributed by atoms with Crippen LogP contribution in [-0.4, -0.2) is 37.2 Å². The molecule has 0 amide bonds. The number of hydrogen-bond acceptors (Lipinski definition) is 5. The molecule has 1 aromatic carbocycles. The van der Waals surface area contributed by atoms with E-state index in [1.54, 1.807) is 24.3 Å². The summed E-state index contributed by atoms with van der Waals surface area (Å²) in [5.41, 5.74) is 0.108. The Kier molecular flexibility index (Phi) is 3.56. The Hall–Kier alpha value is -1.24. The summed E-state index contributed by atoms with van der Waals surface area (Å²) in [4.78, 5) is 0. The molecule has 2 rings (SSSR count). The quantitative estimate of drug-likeness (QED) is 0.729. The maximum atomic E-state index is 8.61. The molecule has 1 heterocycles. The van der Waals surface area contributed by atoms with Gasteiger partial charge in [0.05, 0.1) is 19.8 Å². The Morgan fingerprint density at radius 2 is 1.82 bits per heavy atom. The molecule has 92 valence electrons. The van der Waals surface area contributed by atoms with Crippen LogP contribution >= 0.6 is 0 Å². The zero-order chi connectivity index (χ0) is 12.3. The molecule has 17 heavy (non-hydrogen) atoms. The van der Waals surface area contributed by atoms with Crippen LogP contribution in [0.1, 0.15) is 6.92 Å². The van der Waals surface area contributed by atoms with Crippen LogP contribution in [0, 0.1) is 5.41 Å². The Bertz CT molecular complexity index is 361. The van der Waals surface area contributed by atoms with Gasteiger partial charge in [-0.3, -0.25) is 0 Å². The monoisotopic (exact) mass is 238 g/mol. The van der Waals surface area contributed by atoms with Gasteiger partial charge >= 0.3 is 7.32 Å². The van der Waals surface area contributed by atoms with E-state index in [0.29, 0.717) is 12.4 Å². The molecule has 0 atom stereocenters. The Morgan fingerprint density at radius 1 is 1.24 bits per heavy atom. The van der Waals surface area contributed by atoms with Crippen LogP contribution in [0.5, 0.6) is 11.5 Å². The average Bonchev–Trinajstić information content (AvgIpc) is 2.25. The highest BCUT2D eigenvalue weighted by Crippen LogP contribution is 2.28. The van der Waals surface area contributed by atoms with Crippen molar-refractivity contribution < 1.29 is 24.2 Å². The molecule has 6 heteroatoms. The minimum Gasteiger partial charge on any atom is -0.512 e. The van der Waals surface area contributed by atoms with E-state index in [1.807, 2.05) is 0 Å². The van der Waals surface area contributed by atoms with Gasteiger partial charge in [0.1, 0.15) is 11.5 Å². The van der Waals surface area contributed by atoms with Crippen molar-refractivity contribution in [2.24, 2.45) is 5.41 Å². The van der Waals surface area contributed by atoms with Crippen LogP contribution in [0.25, 0.3) is 0 Å². The first-order valence-corrected chi connectivity index (χ1v) is 5.41. The molecule has 0 saturated carbocycles. The number of hydrogen-bond donors (Lipinski definition) is 2. The SMILES string of the molecule is CC1(COc2ccc(OB(O)O)cc2)COC1. The van der Waals surface area contributed by atoms with Crippen LogP contribution < -0.4 is 9.39 Å². The van der Waals surface area contributed by atoms with E-state index in [9.17, 15) is 0 Å². The van der Waals surface area contributed by atoms with Gasteiger partial charge in [0, 0.05) is 5.41 Å². The van der Waals surface area contributed by atoms with E-state index in [-0.39, 0.29) is 5.41 Å². The van der Waals surface area contributed by atoms with Crippen LogP contribution in [0.15, 0.2) is 24.3 Å². The third-order valence-corrected chi connectivity index (χ3v) is 2.55. The number of benzene rings is 1. The highest BCUT2D eigenvalue weighted by atomic mass is 16.6. The van der Waals surface area contributed by atoms with E-state index in [0.717, 1.165) is 19.0 Å². The van der Waals surface area contributed by atoms with Gasteiger partial charge < -0.3 is 24.2 Å². The fourth-order valence-electron chi connectivity index (χ4n) is 1.53. The molecule has 1 aliphatic heterocycles. The molecule has 2 N–H and O–H groups in total. The predicted molar refractivity (Wildman–Crippen MR) is 61.7 cm³/mol. The molecular weight excluding hydrogens is 223 g/mol. The second-order valence-electron chi connectivity index (χ2n) is 4.51. The van der Waals surface area contributed by atoms with Crippen molar-refractivity contribution in [3.05, 3.63) is 24.3 Å². The average molecular weight is 238 g/mol. The van der Waals surface area contributed by atoms with Crippen molar-refractivity contribution in [3.8, 4) is 11.5 Å². The van der Waals surface area contributed by atoms with Gasteiger partial charge in [-0.05, 0) is 24.3 Å². The number of rotatable bonds is 5. The smallest absolute Gasteiger partial charge is 0.512 e. The second-order valence-corrected chi connectivity index (χ2v) is 4.51. The standard InChI is InChI=1S/C11H15BO5/c1-11(6-15-7-11)8-16-9-2-4-10(5-3-9)17-12(13)14/h2-5,13-14H,6-8H2,1H3. The molecule has 0 spiro atoms. The molecule has 0 radical (unpaired) electrons. The Labute approximate surface area is 100 Å². The van der Waals surface area contributed by atoms with Gasteiger partial charge in [0.2, 0.25) is 0 Å². The van der Waals surface area contributed by atoms with Crippen LogP contribution in [-0.2, 0) is 4.74 Å². The summed E-state index contributed by atoms with van der Waals surface area (Å²) in [5.74, 6) is 1.10. The molecule has 1 fully saturated rings. The van der Waals surface area contributed by atoms with Gasteiger partial charge in [-0.15, -0.1) is 0 Å². The lowest BCUT2D eigenvalue weighted by Crippen LogP contribution is -2.44. The maximum absolute atomic E-state index is 8.61. The van der Waals surface area contributed by atoms with E-state index >= 15 is 0 Å². The summed E-state index contributed by atoms with van der Waals surface area (Å²) in [5, 5.41) is 17.2. The van der Waals surface area contributed by atoms with E-state index in [4.69, 9.17) is 19.5 Å². The molecular formula is C11H15BO5. The summed E-state index contributed by atoms with van der Waals surface area (Å²) in [7, 11) is -1.80. The molecule has 0 aromatic heterocycles. The summed E-state index contributed by atoms with van der Waals surface area (Å²) in [6.45, 7) is 4.17. The first-order chi connectivity index (χ1) is 8.07. The topological polar surface area (TPSA) is 68.2 Å². The van der Waals surface area contributed by atoms with Crippen molar-refractivity contribution in [3.63, 3.8) is 0 Å². The van der Waals surface area contributed by atoms with E-state index < -0.39 is 7.32 Å². The lowest BCUT2D eigenvalue weighted by atomic mass is 9.90. The largest absolute Gasteiger partial charge is 0.707 e. The third kappa shape index (κ3) is 3.36. The van der Waals surface area contributed by atoms with Crippen molar-refractivity contribution in [1.82, 2.24) is 0 Å². The predicted octanol–water partition coefficient (Wildman–Crippen LogP) is 0.450. The molecule has 0 aliphatic carbocycles. The van der Waals surface area contributed by atoms with Gasteiger partial charge in [-0.2, -0.15) is 0 Å². The van der Waals surface area contributed by atoms with Crippen molar-refractivity contribution >= 4 is 7.32 Å². The molecule has 1 saturated heterocycles. The van der Waals surface area contributed by atoms with Crippen LogP contribution in [0.3, 0.4) is 0 Å². The van der Waals surface area contributed by atoms with Gasteiger partial charge in [0.15, 0.2) is 0 Å². The molecule has 1 aliphatic rings. The minimum atomic E-state index is -1.80. The Morgan fingerprint density at radius 3 is 2.29 bits per heavy atom. The fourth-order valence-corrected chi connectivity index (χ4v) is 1.53. The minimum absolute atomic E-state index is 0.108.